The van der Waals surface area contributed by atoms with E-state index in [1.807, 2.05) is 36.4 Å². The van der Waals surface area contributed by atoms with E-state index in [9.17, 15) is 9.59 Å². The fourth-order valence-corrected chi connectivity index (χ4v) is 3.53. The number of unbranched alkanes of at least 4 members (excludes halogenated alkanes) is 2. The Hall–Kier alpha value is -3.58. The van der Waals surface area contributed by atoms with Gasteiger partial charge in [0.2, 0.25) is 11.1 Å². The molecule has 0 aliphatic carbocycles. The lowest BCUT2D eigenvalue weighted by molar-refractivity contribution is 0.119. The average molecular weight is 449 g/mol. The average Bonchev–Trinajstić information content (AvgIpc) is 2.82. The summed E-state index contributed by atoms with van der Waals surface area (Å²) in [6.45, 7) is 2.62. The predicted molar refractivity (Wildman–Crippen MR) is 129 cm³/mol. The zero-order valence-electron chi connectivity index (χ0n) is 18.5. The Morgan fingerprint density at radius 2 is 0.970 bits per heavy atom. The molecule has 0 amide bonds. The fourth-order valence-electron chi connectivity index (χ4n) is 3.53. The molecule has 0 saturated carbocycles. The van der Waals surface area contributed by atoms with Crippen LogP contribution in [0.15, 0.2) is 70.3 Å². The van der Waals surface area contributed by atoms with Gasteiger partial charge in [0, 0.05) is 37.5 Å². The molecule has 2 aromatic heterocycles. The minimum absolute atomic E-state index is 0.116. The van der Waals surface area contributed by atoms with Crippen molar-refractivity contribution in [2.45, 2.75) is 25.7 Å². The molecule has 0 spiro atoms. The number of aromatic nitrogens is 2. The Morgan fingerprint density at radius 1 is 0.545 bits per heavy atom. The fraction of sp³-hybridized carbons (Fsp3) is 0.308. The molecule has 172 valence electrons. The summed E-state index contributed by atoms with van der Waals surface area (Å²) >= 11 is 0. The van der Waals surface area contributed by atoms with Crippen molar-refractivity contribution in [3.8, 4) is 11.5 Å². The molecule has 0 bridgehead atoms. The molecule has 0 unspecified atom stereocenters. The van der Waals surface area contributed by atoms with E-state index in [4.69, 9.17) is 14.2 Å². The first-order valence-corrected chi connectivity index (χ1v) is 11.3. The van der Waals surface area contributed by atoms with E-state index in [0.29, 0.717) is 26.4 Å². The van der Waals surface area contributed by atoms with Gasteiger partial charge in [-0.05, 0) is 72.9 Å². The van der Waals surface area contributed by atoms with Crippen molar-refractivity contribution in [1.82, 2.24) is 9.97 Å². The number of benzene rings is 2. The molecule has 2 aromatic carbocycles. The highest BCUT2D eigenvalue weighted by atomic mass is 16.5. The van der Waals surface area contributed by atoms with Crippen LogP contribution in [-0.4, -0.2) is 36.4 Å². The van der Waals surface area contributed by atoms with Crippen LogP contribution in [0.3, 0.4) is 0 Å². The van der Waals surface area contributed by atoms with Crippen LogP contribution in [0.25, 0.3) is 21.8 Å². The summed E-state index contributed by atoms with van der Waals surface area (Å²) in [4.78, 5) is 28.5. The standard InChI is InChI=1S/C26H28N2O5/c29-25-11-7-19-5-9-21(17-23(19)27-25)32-15-3-1-13-31-14-2-4-16-33-22-10-6-20-8-12-26(30)28-24(20)18-22/h5-12,17-18H,1-4,13-16H2,(H,27,29)(H,28,30). The maximum absolute atomic E-state index is 11.4. The second-order valence-electron chi connectivity index (χ2n) is 7.87. The van der Waals surface area contributed by atoms with Gasteiger partial charge in [-0.15, -0.1) is 0 Å². The van der Waals surface area contributed by atoms with Crippen molar-refractivity contribution in [3.05, 3.63) is 81.4 Å². The molecule has 7 nitrogen and oxygen atoms in total. The number of pyridine rings is 2. The minimum atomic E-state index is -0.116. The summed E-state index contributed by atoms with van der Waals surface area (Å²) in [7, 11) is 0. The quantitative estimate of drug-likeness (QED) is 0.313. The minimum Gasteiger partial charge on any atom is -0.494 e. The van der Waals surface area contributed by atoms with Crippen molar-refractivity contribution in [3.63, 3.8) is 0 Å². The molecule has 4 rings (SSSR count). The third-order valence-corrected chi connectivity index (χ3v) is 5.30. The van der Waals surface area contributed by atoms with Gasteiger partial charge in [0.1, 0.15) is 11.5 Å². The maximum Gasteiger partial charge on any atom is 0.248 e. The highest BCUT2D eigenvalue weighted by Crippen LogP contribution is 2.19. The number of hydrogen-bond donors (Lipinski definition) is 2. The lowest BCUT2D eigenvalue weighted by atomic mass is 10.2. The van der Waals surface area contributed by atoms with E-state index in [1.165, 1.54) is 12.1 Å². The first-order chi connectivity index (χ1) is 16.2. The molecule has 0 radical (unpaired) electrons. The maximum atomic E-state index is 11.4. The molecule has 0 fully saturated rings. The Labute approximate surface area is 191 Å². The summed E-state index contributed by atoms with van der Waals surface area (Å²) in [5.41, 5.74) is 1.33. The SMILES string of the molecule is O=c1ccc2ccc(OCCCCOCCCCOc3ccc4ccc(=O)[nH]c4c3)cc2[nH]1. The molecule has 7 heteroatoms. The van der Waals surface area contributed by atoms with Crippen LogP contribution in [0.5, 0.6) is 11.5 Å². The molecule has 33 heavy (non-hydrogen) atoms. The van der Waals surface area contributed by atoms with E-state index >= 15 is 0 Å². The molecule has 0 atom stereocenters. The van der Waals surface area contributed by atoms with Crippen LogP contribution in [0.2, 0.25) is 0 Å². The van der Waals surface area contributed by atoms with E-state index < -0.39 is 0 Å². The van der Waals surface area contributed by atoms with Crippen LogP contribution < -0.4 is 20.6 Å². The van der Waals surface area contributed by atoms with Gasteiger partial charge < -0.3 is 24.2 Å². The molecule has 0 aliphatic rings. The first-order valence-electron chi connectivity index (χ1n) is 11.3. The Balaban J connectivity index is 1.04. The van der Waals surface area contributed by atoms with Crippen molar-refractivity contribution in [1.29, 1.82) is 0 Å². The van der Waals surface area contributed by atoms with Crippen molar-refractivity contribution < 1.29 is 14.2 Å². The monoisotopic (exact) mass is 448 g/mol. The Morgan fingerprint density at radius 3 is 1.45 bits per heavy atom. The van der Waals surface area contributed by atoms with Gasteiger partial charge in [0.05, 0.1) is 24.2 Å². The molecular formula is C26H28N2O5. The summed E-state index contributed by atoms with van der Waals surface area (Å²) in [5.74, 6) is 1.51. The molecule has 0 aliphatic heterocycles. The topological polar surface area (TPSA) is 93.4 Å². The number of rotatable bonds is 12. The Kier molecular flexibility index (Phi) is 7.76. The summed E-state index contributed by atoms with van der Waals surface area (Å²) in [6, 6.07) is 18.0. The van der Waals surface area contributed by atoms with Gasteiger partial charge in [-0.2, -0.15) is 0 Å². The van der Waals surface area contributed by atoms with E-state index in [-0.39, 0.29) is 11.1 Å². The van der Waals surface area contributed by atoms with Gasteiger partial charge in [-0.25, -0.2) is 0 Å². The number of fused-ring (bicyclic) bond motifs is 2. The van der Waals surface area contributed by atoms with E-state index in [1.54, 1.807) is 12.1 Å². The van der Waals surface area contributed by atoms with E-state index in [2.05, 4.69) is 9.97 Å². The zero-order chi connectivity index (χ0) is 22.9. The smallest absolute Gasteiger partial charge is 0.248 e. The van der Waals surface area contributed by atoms with Crippen LogP contribution in [-0.2, 0) is 4.74 Å². The van der Waals surface area contributed by atoms with Crippen molar-refractivity contribution in [2.75, 3.05) is 26.4 Å². The summed E-state index contributed by atoms with van der Waals surface area (Å²) in [5, 5.41) is 1.96. The van der Waals surface area contributed by atoms with Crippen molar-refractivity contribution in [2.24, 2.45) is 0 Å². The van der Waals surface area contributed by atoms with Crippen LogP contribution >= 0.6 is 0 Å². The molecule has 4 aromatic rings. The van der Waals surface area contributed by atoms with Crippen molar-refractivity contribution >= 4 is 21.8 Å². The number of nitrogens with one attached hydrogen (secondary N) is 2. The number of H-pyrrole nitrogens is 2. The van der Waals surface area contributed by atoms with Gasteiger partial charge >= 0.3 is 0 Å². The molecule has 2 N–H and O–H groups in total. The first kappa shape index (κ1) is 22.6. The second-order valence-corrected chi connectivity index (χ2v) is 7.87. The zero-order valence-corrected chi connectivity index (χ0v) is 18.5. The summed E-state index contributed by atoms with van der Waals surface area (Å²) in [6.07, 6.45) is 3.65. The van der Waals surface area contributed by atoms with Gasteiger partial charge in [0.25, 0.3) is 0 Å². The van der Waals surface area contributed by atoms with Crippen LogP contribution in [0.4, 0.5) is 0 Å². The molecular weight excluding hydrogens is 420 g/mol. The lowest BCUT2D eigenvalue weighted by Gasteiger charge is -2.09. The van der Waals surface area contributed by atoms with Crippen LogP contribution in [0, 0.1) is 0 Å². The van der Waals surface area contributed by atoms with Crippen LogP contribution in [0.1, 0.15) is 25.7 Å². The number of hydrogen-bond acceptors (Lipinski definition) is 5. The predicted octanol–water partition coefficient (Wildman–Crippen LogP) is 4.40. The number of aromatic amines is 2. The summed E-state index contributed by atoms with van der Waals surface area (Å²) < 4.78 is 17.2. The molecule has 2 heterocycles. The highest BCUT2D eigenvalue weighted by molar-refractivity contribution is 5.80. The normalized spacial score (nSPS) is 11.2. The van der Waals surface area contributed by atoms with Gasteiger partial charge in [-0.3, -0.25) is 9.59 Å². The lowest BCUT2D eigenvalue weighted by Crippen LogP contribution is -2.05. The number of ether oxygens (including phenoxy) is 3. The van der Waals surface area contributed by atoms with Gasteiger partial charge in [-0.1, -0.05) is 0 Å². The Bertz CT molecular complexity index is 1210. The highest BCUT2D eigenvalue weighted by Gasteiger charge is 2.00. The third-order valence-electron chi connectivity index (χ3n) is 5.30. The van der Waals surface area contributed by atoms with Gasteiger partial charge in [0.15, 0.2) is 0 Å². The second kappa shape index (κ2) is 11.3. The van der Waals surface area contributed by atoms with E-state index in [0.717, 1.165) is 59.0 Å². The third kappa shape index (κ3) is 6.70. The largest absolute Gasteiger partial charge is 0.494 e. The molecule has 0 saturated heterocycles.